The highest BCUT2D eigenvalue weighted by Crippen LogP contribution is 2.30. The zero-order valence-corrected chi connectivity index (χ0v) is 11.6. The van der Waals surface area contributed by atoms with Crippen LogP contribution in [0, 0.1) is 0 Å². The summed E-state index contributed by atoms with van der Waals surface area (Å²) in [5.74, 6) is 6.51. The van der Waals surface area contributed by atoms with Crippen LogP contribution < -0.4 is 16.0 Å². The number of nitrogens with one attached hydrogen (secondary N) is 1. The smallest absolute Gasteiger partial charge is 0.124 e. The minimum atomic E-state index is -0.0985. The summed E-state index contributed by atoms with van der Waals surface area (Å²) >= 11 is 3.47. The topological polar surface area (TPSA) is 47.3 Å². The van der Waals surface area contributed by atoms with Gasteiger partial charge < -0.3 is 4.74 Å². The lowest BCUT2D eigenvalue weighted by Gasteiger charge is -2.19. The molecule has 0 fully saturated rings. The second kappa shape index (κ2) is 6.00. The summed E-state index contributed by atoms with van der Waals surface area (Å²) in [6.07, 6.45) is 0. The third-order valence-electron chi connectivity index (χ3n) is 2.80. The first-order valence-corrected chi connectivity index (χ1v) is 6.40. The van der Waals surface area contributed by atoms with Crippen LogP contribution in [0.2, 0.25) is 0 Å². The fourth-order valence-electron chi connectivity index (χ4n) is 1.96. The van der Waals surface area contributed by atoms with Crippen molar-refractivity contribution in [1.82, 2.24) is 5.43 Å². The Morgan fingerprint density at radius 1 is 1.17 bits per heavy atom. The molecule has 1 atom stereocenters. The molecular weight excluding hydrogens is 292 g/mol. The van der Waals surface area contributed by atoms with Crippen molar-refractivity contribution in [2.24, 2.45) is 5.84 Å². The van der Waals surface area contributed by atoms with Crippen LogP contribution in [0.1, 0.15) is 17.2 Å². The monoisotopic (exact) mass is 306 g/mol. The molecule has 2 rings (SSSR count). The van der Waals surface area contributed by atoms with Crippen molar-refractivity contribution in [1.29, 1.82) is 0 Å². The van der Waals surface area contributed by atoms with Crippen LogP contribution in [-0.4, -0.2) is 7.11 Å². The number of methoxy groups -OCH3 is 1. The van der Waals surface area contributed by atoms with Gasteiger partial charge in [-0.1, -0.05) is 46.3 Å². The number of ether oxygens (including phenoxy) is 1. The van der Waals surface area contributed by atoms with Gasteiger partial charge in [-0.25, -0.2) is 5.43 Å². The van der Waals surface area contributed by atoms with Crippen LogP contribution in [0.3, 0.4) is 0 Å². The number of rotatable bonds is 4. The zero-order valence-electron chi connectivity index (χ0n) is 10.1. The predicted octanol–water partition coefficient (Wildman–Crippen LogP) is 3.01. The van der Waals surface area contributed by atoms with Crippen molar-refractivity contribution in [2.75, 3.05) is 7.11 Å². The van der Waals surface area contributed by atoms with Crippen molar-refractivity contribution < 1.29 is 4.74 Å². The van der Waals surface area contributed by atoms with Gasteiger partial charge in [-0.3, -0.25) is 5.84 Å². The first kappa shape index (κ1) is 13.1. The van der Waals surface area contributed by atoms with Crippen molar-refractivity contribution >= 4 is 15.9 Å². The van der Waals surface area contributed by atoms with Crippen LogP contribution in [0.5, 0.6) is 5.75 Å². The Morgan fingerprint density at radius 2 is 1.94 bits per heavy atom. The molecule has 4 heteroatoms. The first-order valence-electron chi connectivity index (χ1n) is 5.60. The highest BCUT2D eigenvalue weighted by molar-refractivity contribution is 9.10. The lowest BCUT2D eigenvalue weighted by Crippen LogP contribution is -2.29. The summed E-state index contributed by atoms with van der Waals surface area (Å²) in [4.78, 5) is 0. The predicted molar refractivity (Wildman–Crippen MR) is 76.3 cm³/mol. The number of halogens is 1. The van der Waals surface area contributed by atoms with E-state index in [4.69, 9.17) is 10.6 Å². The second-order valence-corrected chi connectivity index (χ2v) is 4.81. The van der Waals surface area contributed by atoms with Crippen LogP contribution in [0.25, 0.3) is 0 Å². The number of hydrogen-bond acceptors (Lipinski definition) is 3. The Balaban J connectivity index is 2.45. The summed E-state index contributed by atoms with van der Waals surface area (Å²) in [5, 5.41) is 0. The van der Waals surface area contributed by atoms with Crippen LogP contribution in [-0.2, 0) is 0 Å². The first-order chi connectivity index (χ1) is 8.76. The molecule has 18 heavy (non-hydrogen) atoms. The van der Waals surface area contributed by atoms with Gasteiger partial charge in [0.1, 0.15) is 5.75 Å². The highest BCUT2D eigenvalue weighted by atomic mass is 79.9. The van der Waals surface area contributed by atoms with Gasteiger partial charge in [0, 0.05) is 10.0 Å². The fourth-order valence-corrected chi connectivity index (χ4v) is 2.37. The van der Waals surface area contributed by atoms with Gasteiger partial charge in [-0.15, -0.1) is 0 Å². The Labute approximate surface area is 115 Å². The molecule has 3 N–H and O–H groups in total. The van der Waals surface area contributed by atoms with Crippen molar-refractivity contribution in [3.63, 3.8) is 0 Å². The largest absolute Gasteiger partial charge is 0.496 e. The van der Waals surface area contributed by atoms with E-state index in [1.165, 1.54) is 0 Å². The van der Waals surface area contributed by atoms with E-state index in [-0.39, 0.29) is 6.04 Å². The molecule has 94 valence electrons. The minimum Gasteiger partial charge on any atom is -0.496 e. The average molecular weight is 307 g/mol. The van der Waals surface area contributed by atoms with E-state index in [1.807, 2.05) is 48.5 Å². The van der Waals surface area contributed by atoms with Crippen LogP contribution in [0.4, 0.5) is 0 Å². The Kier molecular flexibility index (Phi) is 4.36. The third kappa shape index (κ3) is 2.72. The molecule has 2 aromatic carbocycles. The third-order valence-corrected chi connectivity index (χ3v) is 3.29. The van der Waals surface area contributed by atoms with Gasteiger partial charge in [0.15, 0.2) is 0 Å². The molecule has 0 radical (unpaired) electrons. The second-order valence-electron chi connectivity index (χ2n) is 3.90. The molecule has 0 aromatic heterocycles. The molecule has 0 saturated heterocycles. The van der Waals surface area contributed by atoms with Crippen molar-refractivity contribution in [3.05, 3.63) is 64.1 Å². The van der Waals surface area contributed by atoms with E-state index in [2.05, 4.69) is 21.4 Å². The van der Waals surface area contributed by atoms with Gasteiger partial charge in [-0.2, -0.15) is 0 Å². The molecule has 0 spiro atoms. The van der Waals surface area contributed by atoms with Crippen LogP contribution in [0.15, 0.2) is 53.0 Å². The lowest BCUT2D eigenvalue weighted by molar-refractivity contribution is 0.404. The Hall–Kier alpha value is -1.36. The van der Waals surface area contributed by atoms with E-state index < -0.39 is 0 Å². The molecule has 0 heterocycles. The molecule has 2 aromatic rings. The summed E-state index contributed by atoms with van der Waals surface area (Å²) in [5.41, 5.74) is 4.93. The van der Waals surface area contributed by atoms with Crippen molar-refractivity contribution in [2.45, 2.75) is 6.04 Å². The Bertz CT molecular complexity index is 531. The number of nitrogens with two attached hydrogens (primary N) is 1. The van der Waals surface area contributed by atoms with E-state index >= 15 is 0 Å². The van der Waals surface area contributed by atoms with E-state index in [1.54, 1.807) is 7.11 Å². The fraction of sp³-hybridized carbons (Fsp3) is 0.143. The average Bonchev–Trinajstić information content (AvgIpc) is 2.40. The van der Waals surface area contributed by atoms with E-state index in [0.29, 0.717) is 0 Å². The molecule has 0 bridgehead atoms. The van der Waals surface area contributed by atoms with Crippen LogP contribution >= 0.6 is 15.9 Å². The Morgan fingerprint density at radius 3 is 2.61 bits per heavy atom. The van der Waals surface area contributed by atoms with Crippen molar-refractivity contribution in [3.8, 4) is 5.75 Å². The summed E-state index contributed by atoms with van der Waals surface area (Å²) in [6.45, 7) is 0. The van der Waals surface area contributed by atoms with Gasteiger partial charge in [-0.05, 0) is 23.8 Å². The maximum Gasteiger partial charge on any atom is 0.124 e. The van der Waals surface area contributed by atoms with Gasteiger partial charge in [0.05, 0.1) is 13.2 Å². The van der Waals surface area contributed by atoms with E-state index in [9.17, 15) is 0 Å². The number of hydrogen-bond donors (Lipinski definition) is 2. The van der Waals surface area contributed by atoms with Gasteiger partial charge >= 0.3 is 0 Å². The molecule has 0 aliphatic heterocycles. The number of para-hydroxylation sites is 1. The zero-order chi connectivity index (χ0) is 13.0. The highest BCUT2D eigenvalue weighted by Gasteiger charge is 2.16. The number of hydrazine groups is 1. The van der Waals surface area contributed by atoms with Gasteiger partial charge in [0.25, 0.3) is 0 Å². The lowest BCUT2D eigenvalue weighted by atomic mass is 9.98. The quantitative estimate of drug-likeness (QED) is 0.674. The standard InChI is InChI=1S/C14H15BrN2O/c1-18-13-8-3-2-7-12(13)14(17-16)10-5-4-6-11(15)9-10/h2-9,14,17H,16H2,1H3. The SMILES string of the molecule is COc1ccccc1C(NN)c1cccc(Br)c1. The molecule has 1 unspecified atom stereocenters. The molecule has 0 aliphatic rings. The summed E-state index contributed by atoms with van der Waals surface area (Å²) in [7, 11) is 1.66. The maximum atomic E-state index is 5.69. The molecule has 0 amide bonds. The normalized spacial score (nSPS) is 12.2. The maximum absolute atomic E-state index is 5.69. The molecule has 0 saturated carbocycles. The molecule has 3 nitrogen and oxygen atoms in total. The molecular formula is C14H15BrN2O. The van der Waals surface area contributed by atoms with E-state index in [0.717, 1.165) is 21.3 Å². The molecule has 0 aliphatic carbocycles. The number of benzene rings is 2. The summed E-state index contributed by atoms with van der Waals surface area (Å²) in [6, 6.07) is 15.8. The summed E-state index contributed by atoms with van der Waals surface area (Å²) < 4.78 is 6.40. The minimum absolute atomic E-state index is 0.0985. The van der Waals surface area contributed by atoms with Gasteiger partial charge in [0.2, 0.25) is 0 Å².